The van der Waals surface area contributed by atoms with Crippen LogP contribution in [0.4, 0.5) is 11.9 Å². The predicted molar refractivity (Wildman–Crippen MR) is 109 cm³/mol. The van der Waals surface area contributed by atoms with Gasteiger partial charge in [0.2, 0.25) is 11.9 Å². The van der Waals surface area contributed by atoms with Crippen molar-refractivity contribution in [2.24, 2.45) is 0 Å². The van der Waals surface area contributed by atoms with Gasteiger partial charge in [-0.2, -0.15) is 4.98 Å². The molecular weight excluding hydrogens is 356 g/mol. The number of nitrogens with one attached hydrogen (secondary N) is 1. The van der Waals surface area contributed by atoms with E-state index < -0.39 is 0 Å². The van der Waals surface area contributed by atoms with Crippen molar-refractivity contribution >= 4 is 23.1 Å². The van der Waals surface area contributed by atoms with Crippen LogP contribution in [0, 0.1) is 6.92 Å². The Morgan fingerprint density at radius 3 is 2.46 bits per heavy atom. The normalized spacial score (nSPS) is 14.8. The van der Waals surface area contributed by atoms with Crippen molar-refractivity contribution < 1.29 is 4.74 Å². The zero-order valence-corrected chi connectivity index (χ0v) is 16.8. The lowest BCUT2D eigenvalue weighted by Crippen LogP contribution is -2.37. The molecule has 0 aromatic carbocycles. The van der Waals surface area contributed by atoms with E-state index in [4.69, 9.17) is 19.7 Å². The molecule has 4 heterocycles. The fourth-order valence-corrected chi connectivity index (χ4v) is 3.50. The number of morpholine rings is 1. The third-order valence-corrected chi connectivity index (χ3v) is 4.77. The largest absolute Gasteiger partial charge is 0.378 e. The molecule has 0 spiro atoms. The highest BCUT2D eigenvalue weighted by molar-refractivity contribution is 5.88. The molecule has 1 saturated heterocycles. The lowest BCUT2D eigenvalue weighted by Gasteiger charge is -2.27. The van der Waals surface area contributed by atoms with E-state index in [1.165, 1.54) is 0 Å². The zero-order chi connectivity index (χ0) is 19.7. The average Bonchev–Trinajstić information content (AvgIpc) is 3.05. The smallest absolute Gasteiger partial charge is 0.228 e. The van der Waals surface area contributed by atoms with Crippen LogP contribution >= 0.6 is 0 Å². The number of ether oxygens (including phenoxy) is 1. The quantitative estimate of drug-likeness (QED) is 0.719. The minimum atomic E-state index is 0.248. The Hall–Kier alpha value is -2.81. The molecule has 1 aliphatic rings. The summed E-state index contributed by atoms with van der Waals surface area (Å²) in [6.45, 7) is 12.0. The Balaban J connectivity index is 1.88. The van der Waals surface area contributed by atoms with Gasteiger partial charge in [-0.1, -0.05) is 0 Å². The highest BCUT2D eigenvalue weighted by Crippen LogP contribution is 2.30. The third kappa shape index (κ3) is 3.37. The van der Waals surface area contributed by atoms with Crippen LogP contribution in [0.2, 0.25) is 0 Å². The maximum atomic E-state index is 5.48. The Morgan fingerprint density at radius 1 is 1.11 bits per heavy atom. The summed E-state index contributed by atoms with van der Waals surface area (Å²) >= 11 is 0. The van der Waals surface area contributed by atoms with Gasteiger partial charge in [0.05, 0.1) is 13.2 Å². The Bertz CT molecular complexity index is 960. The summed E-state index contributed by atoms with van der Waals surface area (Å²) in [5.41, 5.74) is 3.21. The van der Waals surface area contributed by atoms with Gasteiger partial charge in [-0.3, -0.25) is 0 Å². The Morgan fingerprint density at radius 2 is 1.82 bits per heavy atom. The van der Waals surface area contributed by atoms with Gasteiger partial charge >= 0.3 is 0 Å². The van der Waals surface area contributed by atoms with E-state index in [0.717, 1.165) is 47.9 Å². The van der Waals surface area contributed by atoms with Crippen molar-refractivity contribution in [2.75, 3.05) is 43.1 Å². The van der Waals surface area contributed by atoms with E-state index >= 15 is 0 Å². The second-order valence-corrected chi connectivity index (χ2v) is 7.09. The van der Waals surface area contributed by atoms with Crippen molar-refractivity contribution in [1.82, 2.24) is 29.5 Å². The minimum Gasteiger partial charge on any atom is -0.378 e. The van der Waals surface area contributed by atoms with E-state index in [2.05, 4.69) is 38.6 Å². The van der Waals surface area contributed by atoms with Gasteiger partial charge in [0.25, 0.3) is 0 Å². The van der Waals surface area contributed by atoms with Crippen molar-refractivity contribution in [1.29, 1.82) is 0 Å². The van der Waals surface area contributed by atoms with Gasteiger partial charge in [-0.25, -0.2) is 19.9 Å². The molecule has 148 valence electrons. The fraction of sp³-hybridized carbons (Fsp3) is 0.526. The minimum absolute atomic E-state index is 0.248. The molecule has 0 saturated carbocycles. The first kappa shape index (κ1) is 18.5. The number of imidazole rings is 1. The molecule has 0 amide bonds. The Labute approximate surface area is 164 Å². The molecule has 0 aliphatic carbocycles. The second-order valence-electron chi connectivity index (χ2n) is 7.09. The number of aromatic nitrogens is 6. The molecule has 3 aromatic heterocycles. The van der Waals surface area contributed by atoms with Crippen LogP contribution in [0.25, 0.3) is 22.4 Å². The van der Waals surface area contributed by atoms with Gasteiger partial charge in [-0.15, -0.1) is 0 Å². The van der Waals surface area contributed by atoms with Crippen LogP contribution in [-0.4, -0.2) is 62.3 Å². The number of rotatable bonds is 5. The van der Waals surface area contributed by atoms with Gasteiger partial charge in [-0.05, 0) is 27.7 Å². The first-order chi connectivity index (χ1) is 13.6. The maximum Gasteiger partial charge on any atom is 0.228 e. The summed E-state index contributed by atoms with van der Waals surface area (Å²) < 4.78 is 7.64. The highest BCUT2D eigenvalue weighted by Gasteiger charge is 2.22. The molecule has 0 radical (unpaired) electrons. The van der Waals surface area contributed by atoms with E-state index in [9.17, 15) is 0 Å². The third-order valence-electron chi connectivity index (χ3n) is 4.77. The number of hydrogen-bond acceptors (Lipinski definition) is 8. The van der Waals surface area contributed by atoms with E-state index in [0.29, 0.717) is 25.1 Å². The molecular formula is C19H26N8O. The summed E-state index contributed by atoms with van der Waals surface area (Å²) in [6, 6.07) is 0.248. The number of aryl methyl sites for hydroxylation is 1. The van der Waals surface area contributed by atoms with Crippen LogP contribution in [-0.2, 0) is 4.74 Å². The molecule has 9 nitrogen and oxygen atoms in total. The number of anilines is 2. The van der Waals surface area contributed by atoms with Gasteiger partial charge in [0.1, 0.15) is 17.0 Å². The van der Waals surface area contributed by atoms with E-state index in [1.807, 2.05) is 13.8 Å². The zero-order valence-electron chi connectivity index (χ0n) is 16.8. The van der Waals surface area contributed by atoms with E-state index in [-0.39, 0.29) is 6.04 Å². The van der Waals surface area contributed by atoms with Gasteiger partial charge in [0, 0.05) is 43.6 Å². The van der Waals surface area contributed by atoms with Crippen molar-refractivity contribution in [2.45, 2.75) is 33.7 Å². The lowest BCUT2D eigenvalue weighted by atomic mass is 10.2. The SMILES string of the molecule is CCNc1ncc(-c2nc(N3CCOCC3)nc3c2nc(C)n3C(C)C)cn1. The lowest BCUT2D eigenvalue weighted by molar-refractivity contribution is 0.122. The molecule has 0 atom stereocenters. The van der Waals surface area contributed by atoms with Gasteiger partial charge in [0.15, 0.2) is 5.65 Å². The Kier molecular flexibility index (Phi) is 5.08. The van der Waals surface area contributed by atoms with Crippen LogP contribution < -0.4 is 10.2 Å². The van der Waals surface area contributed by atoms with Crippen LogP contribution in [0.1, 0.15) is 32.6 Å². The van der Waals surface area contributed by atoms with Crippen LogP contribution in [0.5, 0.6) is 0 Å². The maximum absolute atomic E-state index is 5.48. The highest BCUT2D eigenvalue weighted by atomic mass is 16.5. The summed E-state index contributed by atoms with van der Waals surface area (Å²) in [4.78, 5) is 25.5. The number of hydrogen-bond donors (Lipinski definition) is 1. The summed E-state index contributed by atoms with van der Waals surface area (Å²) in [5, 5.41) is 3.12. The molecule has 28 heavy (non-hydrogen) atoms. The van der Waals surface area contributed by atoms with Crippen molar-refractivity contribution in [3.05, 3.63) is 18.2 Å². The molecule has 4 rings (SSSR count). The van der Waals surface area contributed by atoms with Crippen LogP contribution in [0.15, 0.2) is 12.4 Å². The summed E-state index contributed by atoms with van der Waals surface area (Å²) in [6.07, 6.45) is 3.58. The predicted octanol–water partition coefficient (Wildman–Crippen LogP) is 2.44. The molecule has 1 N–H and O–H groups in total. The first-order valence-electron chi connectivity index (χ1n) is 9.74. The standard InChI is InChI=1S/C19H26N8O/c1-5-20-18-21-10-14(11-22-18)15-16-17(27(12(2)3)13(4)23-16)25-19(24-15)26-6-8-28-9-7-26/h10-12H,5-9H2,1-4H3,(H,20,21,22). The molecule has 0 bridgehead atoms. The monoisotopic (exact) mass is 382 g/mol. The molecule has 9 heteroatoms. The number of fused-ring (bicyclic) bond motifs is 1. The van der Waals surface area contributed by atoms with Gasteiger partial charge < -0.3 is 19.5 Å². The summed E-state index contributed by atoms with van der Waals surface area (Å²) in [5.74, 6) is 2.22. The van der Waals surface area contributed by atoms with Crippen molar-refractivity contribution in [3.63, 3.8) is 0 Å². The number of nitrogens with zero attached hydrogens (tertiary/aromatic N) is 7. The second kappa shape index (κ2) is 7.67. The molecule has 0 unspecified atom stereocenters. The molecule has 1 fully saturated rings. The molecule has 3 aromatic rings. The fourth-order valence-electron chi connectivity index (χ4n) is 3.50. The molecule has 1 aliphatic heterocycles. The average molecular weight is 382 g/mol. The summed E-state index contributed by atoms with van der Waals surface area (Å²) in [7, 11) is 0. The van der Waals surface area contributed by atoms with Crippen LogP contribution in [0.3, 0.4) is 0 Å². The van der Waals surface area contributed by atoms with E-state index in [1.54, 1.807) is 12.4 Å². The topological polar surface area (TPSA) is 93.9 Å². The van der Waals surface area contributed by atoms with Crippen molar-refractivity contribution in [3.8, 4) is 11.3 Å². The first-order valence-corrected chi connectivity index (χ1v) is 9.74.